The van der Waals surface area contributed by atoms with Gasteiger partial charge in [0.1, 0.15) is 0 Å². The van der Waals surface area contributed by atoms with E-state index in [0.717, 1.165) is 0 Å². The van der Waals surface area contributed by atoms with Crippen LogP contribution in [0.15, 0.2) is 0 Å². The van der Waals surface area contributed by atoms with Gasteiger partial charge < -0.3 is 10.1 Å². The highest BCUT2D eigenvalue weighted by atomic mass is 16.5. The SMILES string of the molecule is COC(=O)C(C)(C)CNC(C)C. The maximum Gasteiger partial charge on any atom is 0.312 e. The van der Waals surface area contributed by atoms with Crippen LogP contribution in [-0.4, -0.2) is 25.7 Å². The van der Waals surface area contributed by atoms with Crippen molar-refractivity contribution < 1.29 is 9.53 Å². The largest absolute Gasteiger partial charge is 0.469 e. The molecular formula is C9H19NO2. The van der Waals surface area contributed by atoms with Crippen molar-refractivity contribution in [1.82, 2.24) is 5.32 Å². The summed E-state index contributed by atoms with van der Waals surface area (Å²) in [6.07, 6.45) is 0. The van der Waals surface area contributed by atoms with Crippen molar-refractivity contribution >= 4 is 5.97 Å². The van der Waals surface area contributed by atoms with Crippen molar-refractivity contribution in [1.29, 1.82) is 0 Å². The molecule has 0 aromatic rings. The second-order valence-corrected chi connectivity index (χ2v) is 3.91. The Morgan fingerprint density at radius 2 is 2.00 bits per heavy atom. The number of methoxy groups -OCH3 is 1. The van der Waals surface area contributed by atoms with E-state index in [1.54, 1.807) is 0 Å². The first kappa shape index (κ1) is 11.4. The molecule has 0 aliphatic rings. The summed E-state index contributed by atoms with van der Waals surface area (Å²) in [6.45, 7) is 8.49. The third-order valence-corrected chi connectivity index (χ3v) is 1.69. The molecule has 0 atom stereocenters. The lowest BCUT2D eigenvalue weighted by Gasteiger charge is -2.23. The highest BCUT2D eigenvalue weighted by Gasteiger charge is 2.28. The van der Waals surface area contributed by atoms with Gasteiger partial charge in [0, 0.05) is 12.6 Å². The smallest absolute Gasteiger partial charge is 0.312 e. The number of rotatable bonds is 4. The van der Waals surface area contributed by atoms with Crippen LogP contribution in [0.2, 0.25) is 0 Å². The van der Waals surface area contributed by atoms with Gasteiger partial charge in [-0.05, 0) is 13.8 Å². The van der Waals surface area contributed by atoms with E-state index in [4.69, 9.17) is 0 Å². The molecule has 0 amide bonds. The Labute approximate surface area is 74.5 Å². The van der Waals surface area contributed by atoms with Gasteiger partial charge in [0.2, 0.25) is 0 Å². The van der Waals surface area contributed by atoms with Crippen LogP contribution in [0.5, 0.6) is 0 Å². The summed E-state index contributed by atoms with van der Waals surface area (Å²) < 4.78 is 4.67. The van der Waals surface area contributed by atoms with Gasteiger partial charge in [-0.1, -0.05) is 13.8 Å². The molecule has 3 nitrogen and oxygen atoms in total. The van der Waals surface area contributed by atoms with Crippen LogP contribution in [0.3, 0.4) is 0 Å². The number of hydrogen-bond donors (Lipinski definition) is 1. The van der Waals surface area contributed by atoms with Gasteiger partial charge in [-0.15, -0.1) is 0 Å². The third kappa shape index (κ3) is 3.72. The summed E-state index contributed by atoms with van der Waals surface area (Å²) in [5, 5.41) is 3.20. The average molecular weight is 173 g/mol. The van der Waals surface area contributed by atoms with Crippen LogP contribution in [0, 0.1) is 5.41 Å². The Balaban J connectivity index is 3.95. The molecule has 0 fully saturated rings. The minimum absolute atomic E-state index is 0.171. The van der Waals surface area contributed by atoms with E-state index < -0.39 is 5.41 Å². The molecule has 0 saturated carbocycles. The maximum atomic E-state index is 11.2. The number of carbonyl (C=O) groups is 1. The number of nitrogens with one attached hydrogen (secondary N) is 1. The first-order chi connectivity index (χ1) is 5.40. The van der Waals surface area contributed by atoms with Crippen LogP contribution in [-0.2, 0) is 9.53 Å². The third-order valence-electron chi connectivity index (χ3n) is 1.69. The molecule has 0 saturated heterocycles. The van der Waals surface area contributed by atoms with Gasteiger partial charge in [0.05, 0.1) is 12.5 Å². The van der Waals surface area contributed by atoms with Crippen molar-refractivity contribution in [3.63, 3.8) is 0 Å². The molecular weight excluding hydrogens is 154 g/mol. The lowest BCUT2D eigenvalue weighted by atomic mass is 9.93. The lowest BCUT2D eigenvalue weighted by molar-refractivity contribution is -0.150. The van der Waals surface area contributed by atoms with Crippen LogP contribution in [0.4, 0.5) is 0 Å². The van der Waals surface area contributed by atoms with E-state index in [1.807, 2.05) is 27.7 Å². The number of esters is 1. The molecule has 3 heteroatoms. The zero-order chi connectivity index (χ0) is 9.78. The van der Waals surface area contributed by atoms with Gasteiger partial charge in [-0.3, -0.25) is 4.79 Å². The second-order valence-electron chi connectivity index (χ2n) is 3.91. The molecule has 0 aliphatic heterocycles. The van der Waals surface area contributed by atoms with Gasteiger partial charge >= 0.3 is 5.97 Å². The maximum absolute atomic E-state index is 11.2. The van der Waals surface area contributed by atoms with Gasteiger partial charge in [-0.2, -0.15) is 0 Å². The highest BCUT2D eigenvalue weighted by molar-refractivity contribution is 5.76. The minimum atomic E-state index is -0.432. The van der Waals surface area contributed by atoms with Crippen molar-refractivity contribution in [3.8, 4) is 0 Å². The highest BCUT2D eigenvalue weighted by Crippen LogP contribution is 2.15. The summed E-state index contributed by atoms with van der Waals surface area (Å²) in [5.41, 5.74) is -0.432. The van der Waals surface area contributed by atoms with Gasteiger partial charge in [0.15, 0.2) is 0 Å². The fourth-order valence-corrected chi connectivity index (χ4v) is 0.808. The molecule has 0 radical (unpaired) electrons. The summed E-state index contributed by atoms with van der Waals surface area (Å²) >= 11 is 0. The van der Waals surface area contributed by atoms with Crippen molar-refractivity contribution in [3.05, 3.63) is 0 Å². The number of hydrogen-bond acceptors (Lipinski definition) is 3. The van der Waals surface area contributed by atoms with Crippen LogP contribution < -0.4 is 5.32 Å². The van der Waals surface area contributed by atoms with Crippen molar-refractivity contribution in [2.24, 2.45) is 5.41 Å². The summed E-state index contributed by atoms with van der Waals surface area (Å²) in [5.74, 6) is -0.171. The van der Waals surface area contributed by atoms with Crippen molar-refractivity contribution in [2.45, 2.75) is 33.7 Å². The van der Waals surface area contributed by atoms with E-state index in [-0.39, 0.29) is 5.97 Å². The quantitative estimate of drug-likeness (QED) is 0.649. The fourth-order valence-electron chi connectivity index (χ4n) is 0.808. The van der Waals surface area contributed by atoms with Gasteiger partial charge in [0.25, 0.3) is 0 Å². The van der Waals surface area contributed by atoms with E-state index in [9.17, 15) is 4.79 Å². The molecule has 0 heterocycles. The number of carbonyl (C=O) groups excluding carboxylic acids is 1. The summed E-state index contributed by atoms with van der Waals surface area (Å²) in [6, 6.07) is 0.397. The zero-order valence-corrected chi connectivity index (χ0v) is 8.60. The fraction of sp³-hybridized carbons (Fsp3) is 0.889. The Bertz CT molecular complexity index is 153. The van der Waals surface area contributed by atoms with E-state index in [1.165, 1.54) is 7.11 Å². The molecule has 1 N–H and O–H groups in total. The molecule has 0 aromatic heterocycles. The topological polar surface area (TPSA) is 38.3 Å². The first-order valence-corrected chi connectivity index (χ1v) is 4.22. The van der Waals surface area contributed by atoms with Crippen LogP contribution >= 0.6 is 0 Å². The molecule has 72 valence electrons. The predicted octanol–water partition coefficient (Wildman–Crippen LogP) is 1.18. The number of ether oxygens (including phenoxy) is 1. The molecule has 0 aliphatic carbocycles. The standard InChI is InChI=1S/C9H19NO2/c1-7(2)10-6-9(3,4)8(11)12-5/h7,10H,6H2,1-5H3. The molecule has 0 rings (SSSR count). The Morgan fingerprint density at radius 3 is 2.33 bits per heavy atom. The minimum Gasteiger partial charge on any atom is -0.469 e. The van der Waals surface area contributed by atoms with Gasteiger partial charge in [-0.25, -0.2) is 0 Å². The molecule has 12 heavy (non-hydrogen) atoms. The van der Waals surface area contributed by atoms with E-state index >= 15 is 0 Å². The van der Waals surface area contributed by atoms with Crippen LogP contribution in [0.25, 0.3) is 0 Å². The molecule has 0 bridgehead atoms. The summed E-state index contributed by atoms with van der Waals surface area (Å²) in [7, 11) is 1.42. The molecule has 0 unspecified atom stereocenters. The van der Waals surface area contributed by atoms with Crippen molar-refractivity contribution in [2.75, 3.05) is 13.7 Å². The Hall–Kier alpha value is -0.570. The Kier molecular flexibility index (Phi) is 4.24. The monoisotopic (exact) mass is 173 g/mol. The predicted molar refractivity (Wildman–Crippen MR) is 48.9 cm³/mol. The molecule has 0 spiro atoms. The van der Waals surface area contributed by atoms with Crippen LogP contribution in [0.1, 0.15) is 27.7 Å². The van der Waals surface area contributed by atoms with E-state index in [2.05, 4.69) is 10.1 Å². The zero-order valence-electron chi connectivity index (χ0n) is 8.60. The van der Waals surface area contributed by atoms with E-state index in [0.29, 0.717) is 12.6 Å². The Morgan fingerprint density at radius 1 is 1.50 bits per heavy atom. The average Bonchev–Trinajstić information content (AvgIpc) is 1.99. The first-order valence-electron chi connectivity index (χ1n) is 4.22. The normalized spacial score (nSPS) is 11.8. The second kappa shape index (κ2) is 4.45. The lowest BCUT2D eigenvalue weighted by Crippen LogP contribution is -2.39. The molecule has 0 aromatic carbocycles. The summed E-state index contributed by atoms with van der Waals surface area (Å²) in [4.78, 5) is 11.2.